The Morgan fingerprint density at radius 1 is 1.03 bits per heavy atom. The highest BCUT2D eigenvalue weighted by molar-refractivity contribution is 8.00. The molecule has 1 amide bonds. The third-order valence-electron chi connectivity index (χ3n) is 5.57. The molecule has 4 aromatic rings. The number of aromatic nitrogens is 1. The maximum absolute atomic E-state index is 12.2. The van der Waals surface area contributed by atoms with Crippen molar-refractivity contribution in [2.75, 3.05) is 18.9 Å². The van der Waals surface area contributed by atoms with E-state index in [-0.39, 0.29) is 11.9 Å². The van der Waals surface area contributed by atoms with Gasteiger partial charge >= 0.3 is 5.97 Å². The van der Waals surface area contributed by atoms with Gasteiger partial charge < -0.3 is 14.4 Å². The van der Waals surface area contributed by atoms with Gasteiger partial charge in [0, 0.05) is 45.6 Å². The normalized spacial score (nSPS) is 12.5. The molecule has 3 heterocycles. The lowest BCUT2D eigenvalue weighted by Crippen LogP contribution is -2.17. The van der Waals surface area contributed by atoms with Crippen molar-refractivity contribution < 1.29 is 14.3 Å². The summed E-state index contributed by atoms with van der Waals surface area (Å²) < 4.78 is 8.05. The second-order valence-electron chi connectivity index (χ2n) is 7.88. The third kappa shape index (κ3) is 4.42. The van der Waals surface area contributed by atoms with Crippen LogP contribution < -0.4 is 4.72 Å². The predicted octanol–water partition coefficient (Wildman–Crippen LogP) is 5.97. The van der Waals surface area contributed by atoms with E-state index in [0.717, 1.165) is 42.6 Å². The van der Waals surface area contributed by atoms with E-state index in [1.807, 2.05) is 37.5 Å². The number of nitrogens with zero attached hydrogens (tertiary/aromatic N) is 2. The molecule has 0 saturated heterocycles. The van der Waals surface area contributed by atoms with E-state index in [1.165, 1.54) is 19.1 Å². The lowest BCUT2D eigenvalue weighted by Gasteiger charge is -2.07. The first-order chi connectivity index (χ1) is 16.5. The molecule has 2 aromatic heterocycles. The molecule has 0 aliphatic carbocycles. The van der Waals surface area contributed by atoms with E-state index in [0.29, 0.717) is 12.1 Å². The summed E-state index contributed by atoms with van der Waals surface area (Å²) in [5.41, 5.74) is 5.41. The van der Waals surface area contributed by atoms with Crippen LogP contribution in [-0.4, -0.2) is 35.9 Å². The number of anilines is 1. The van der Waals surface area contributed by atoms with E-state index >= 15 is 0 Å². The quantitative estimate of drug-likeness (QED) is 0.267. The largest absolute Gasteiger partial charge is 0.465 e. The SMILES string of the molecule is COC(=O)c1ccc(SNc2cncc(-c3ccc(-c4ccc5c(c4)CN(C)C5=O)s3)c2)cc1. The fourth-order valence-electron chi connectivity index (χ4n) is 3.79. The van der Waals surface area contributed by atoms with E-state index in [9.17, 15) is 9.59 Å². The highest BCUT2D eigenvalue weighted by Crippen LogP contribution is 2.37. The Labute approximate surface area is 205 Å². The molecule has 170 valence electrons. The fourth-order valence-corrected chi connectivity index (χ4v) is 5.40. The van der Waals surface area contributed by atoms with Gasteiger partial charge in [0.25, 0.3) is 5.91 Å². The summed E-state index contributed by atoms with van der Waals surface area (Å²) in [6.45, 7) is 0.654. The number of benzene rings is 2. The van der Waals surface area contributed by atoms with Crippen LogP contribution in [0.25, 0.3) is 20.9 Å². The first kappa shape index (κ1) is 22.2. The standard InChI is InChI=1S/C26H21N3O3S2/c1-29-15-19-11-17(5-8-22(19)25(29)30)23-9-10-24(33-23)18-12-20(14-27-13-18)28-34-21-6-3-16(4-7-21)26(31)32-2/h3-14,28H,15H2,1-2H3. The molecule has 1 N–H and O–H groups in total. The minimum Gasteiger partial charge on any atom is -0.465 e. The number of fused-ring (bicyclic) bond motifs is 1. The number of nitrogens with one attached hydrogen (secondary N) is 1. The van der Waals surface area contributed by atoms with Gasteiger partial charge in [0.05, 0.1) is 24.6 Å². The van der Waals surface area contributed by atoms with E-state index in [1.54, 1.807) is 34.6 Å². The van der Waals surface area contributed by atoms with Gasteiger partial charge in [0.2, 0.25) is 0 Å². The van der Waals surface area contributed by atoms with Gasteiger partial charge in [-0.3, -0.25) is 9.78 Å². The van der Waals surface area contributed by atoms with Crippen molar-refractivity contribution in [2.45, 2.75) is 11.4 Å². The van der Waals surface area contributed by atoms with Gasteiger partial charge in [-0.2, -0.15) is 0 Å². The Bertz CT molecular complexity index is 1380. The Balaban J connectivity index is 1.29. The number of pyridine rings is 1. The van der Waals surface area contributed by atoms with Crippen LogP contribution in [0.5, 0.6) is 0 Å². The van der Waals surface area contributed by atoms with Crippen LogP contribution >= 0.6 is 23.3 Å². The van der Waals surface area contributed by atoms with Gasteiger partial charge in [0.1, 0.15) is 0 Å². The first-order valence-electron chi connectivity index (χ1n) is 10.6. The highest BCUT2D eigenvalue weighted by Gasteiger charge is 2.24. The van der Waals surface area contributed by atoms with Crippen molar-refractivity contribution in [3.8, 4) is 20.9 Å². The number of esters is 1. The average molecular weight is 488 g/mol. The summed E-state index contributed by atoms with van der Waals surface area (Å²) in [7, 11) is 3.20. The molecule has 5 rings (SSSR count). The molecule has 0 fully saturated rings. The fraction of sp³-hybridized carbons (Fsp3) is 0.115. The molecular formula is C26H21N3O3S2. The summed E-state index contributed by atoms with van der Waals surface area (Å²) in [6, 6.07) is 19.6. The zero-order valence-corrected chi connectivity index (χ0v) is 20.2. The molecule has 0 bridgehead atoms. The summed E-state index contributed by atoms with van der Waals surface area (Å²) in [6.07, 6.45) is 3.63. The zero-order chi connectivity index (χ0) is 23.7. The van der Waals surface area contributed by atoms with Crippen LogP contribution in [-0.2, 0) is 11.3 Å². The molecule has 34 heavy (non-hydrogen) atoms. The van der Waals surface area contributed by atoms with Crippen molar-refractivity contribution in [1.29, 1.82) is 0 Å². The van der Waals surface area contributed by atoms with Crippen molar-refractivity contribution in [2.24, 2.45) is 0 Å². The number of carbonyl (C=O) groups is 2. The average Bonchev–Trinajstić information content (AvgIpc) is 3.47. The van der Waals surface area contributed by atoms with Gasteiger partial charge in [0.15, 0.2) is 0 Å². The molecule has 1 aliphatic rings. The minimum atomic E-state index is -0.350. The van der Waals surface area contributed by atoms with Crippen LogP contribution in [0.3, 0.4) is 0 Å². The lowest BCUT2D eigenvalue weighted by atomic mass is 10.1. The van der Waals surface area contributed by atoms with Gasteiger partial charge in [-0.15, -0.1) is 11.3 Å². The molecule has 8 heteroatoms. The summed E-state index contributed by atoms with van der Waals surface area (Å²) in [5.74, 6) is -0.265. The number of methoxy groups -OCH3 is 1. The second kappa shape index (κ2) is 9.32. The molecular weight excluding hydrogens is 466 g/mol. The number of amides is 1. The summed E-state index contributed by atoms with van der Waals surface area (Å²) in [5, 5.41) is 0. The van der Waals surface area contributed by atoms with Crippen molar-refractivity contribution in [3.05, 3.63) is 89.7 Å². The number of hydrogen-bond donors (Lipinski definition) is 1. The van der Waals surface area contributed by atoms with Crippen LogP contribution in [0.4, 0.5) is 5.69 Å². The molecule has 0 radical (unpaired) electrons. The van der Waals surface area contributed by atoms with Gasteiger partial charge in [-0.25, -0.2) is 4.79 Å². The number of thiophene rings is 1. The molecule has 2 aromatic carbocycles. The Morgan fingerprint density at radius 2 is 1.79 bits per heavy atom. The van der Waals surface area contributed by atoms with Crippen molar-refractivity contribution >= 4 is 40.8 Å². The Kier molecular flexibility index (Phi) is 6.08. The zero-order valence-electron chi connectivity index (χ0n) is 18.6. The topological polar surface area (TPSA) is 71.5 Å². The Hall–Kier alpha value is -3.62. The maximum atomic E-state index is 12.2. The van der Waals surface area contributed by atoms with Crippen LogP contribution in [0.1, 0.15) is 26.3 Å². The summed E-state index contributed by atoms with van der Waals surface area (Å²) >= 11 is 3.15. The third-order valence-corrected chi connectivity index (χ3v) is 7.59. The summed E-state index contributed by atoms with van der Waals surface area (Å²) in [4.78, 5) is 33.1. The molecule has 0 spiro atoms. The second-order valence-corrected chi connectivity index (χ2v) is 9.84. The highest BCUT2D eigenvalue weighted by atomic mass is 32.2. The van der Waals surface area contributed by atoms with Crippen LogP contribution in [0.2, 0.25) is 0 Å². The lowest BCUT2D eigenvalue weighted by molar-refractivity contribution is 0.0600. The number of hydrogen-bond acceptors (Lipinski definition) is 7. The maximum Gasteiger partial charge on any atom is 0.337 e. The predicted molar refractivity (Wildman–Crippen MR) is 136 cm³/mol. The van der Waals surface area contributed by atoms with E-state index in [4.69, 9.17) is 4.74 Å². The van der Waals surface area contributed by atoms with Crippen molar-refractivity contribution in [3.63, 3.8) is 0 Å². The van der Waals surface area contributed by atoms with Gasteiger partial charge in [-0.1, -0.05) is 6.07 Å². The van der Waals surface area contributed by atoms with Gasteiger partial charge in [-0.05, 0) is 77.7 Å². The Morgan fingerprint density at radius 3 is 2.56 bits per heavy atom. The monoisotopic (exact) mass is 487 g/mol. The number of rotatable bonds is 6. The molecule has 0 saturated carbocycles. The van der Waals surface area contributed by atoms with E-state index in [2.05, 4.69) is 34.0 Å². The number of ether oxygens (including phenoxy) is 1. The molecule has 6 nitrogen and oxygen atoms in total. The molecule has 1 aliphatic heterocycles. The first-order valence-corrected chi connectivity index (χ1v) is 12.2. The smallest absolute Gasteiger partial charge is 0.337 e. The van der Waals surface area contributed by atoms with Crippen LogP contribution in [0.15, 0.2) is 78.0 Å². The van der Waals surface area contributed by atoms with E-state index < -0.39 is 0 Å². The molecule has 0 unspecified atom stereocenters. The molecule has 0 atom stereocenters. The van der Waals surface area contributed by atoms with Crippen LogP contribution in [0, 0.1) is 0 Å². The number of carbonyl (C=O) groups excluding carboxylic acids is 2. The van der Waals surface area contributed by atoms with Crippen molar-refractivity contribution in [1.82, 2.24) is 9.88 Å². The minimum absolute atomic E-state index is 0.0843.